The summed E-state index contributed by atoms with van der Waals surface area (Å²) >= 11 is 5.08. The lowest BCUT2D eigenvalue weighted by molar-refractivity contribution is 0.0635. The highest BCUT2D eigenvalue weighted by molar-refractivity contribution is 7.71. The number of amides is 1. The summed E-state index contributed by atoms with van der Waals surface area (Å²) in [5.41, 5.74) is 1.65. The Morgan fingerprint density at radius 1 is 1.27 bits per heavy atom. The van der Waals surface area contributed by atoms with Gasteiger partial charge in [0.1, 0.15) is 4.64 Å². The van der Waals surface area contributed by atoms with Crippen LogP contribution in [0.25, 0.3) is 0 Å². The average molecular weight is 316 g/mol. The third-order valence-electron chi connectivity index (χ3n) is 3.31. The molecule has 0 saturated heterocycles. The predicted molar refractivity (Wildman–Crippen MR) is 89.4 cm³/mol. The van der Waals surface area contributed by atoms with Crippen LogP contribution in [-0.4, -0.2) is 24.0 Å². The Labute approximate surface area is 135 Å². The van der Waals surface area contributed by atoms with Gasteiger partial charge < -0.3 is 15.0 Å². The van der Waals surface area contributed by atoms with Crippen LogP contribution in [0.5, 0.6) is 0 Å². The van der Waals surface area contributed by atoms with Crippen molar-refractivity contribution in [3.63, 3.8) is 0 Å². The van der Waals surface area contributed by atoms with Gasteiger partial charge in [0.2, 0.25) is 0 Å². The fourth-order valence-corrected chi connectivity index (χ4v) is 2.28. The van der Waals surface area contributed by atoms with Crippen LogP contribution < -0.4 is 5.32 Å². The van der Waals surface area contributed by atoms with E-state index in [1.165, 1.54) is 0 Å². The van der Waals surface area contributed by atoms with E-state index in [0.717, 1.165) is 12.0 Å². The summed E-state index contributed by atoms with van der Waals surface area (Å²) in [6.07, 6.45) is 2.52. The highest BCUT2D eigenvalue weighted by atomic mass is 32.1. The fourth-order valence-electron chi connectivity index (χ4n) is 2.05. The molecule has 1 unspecified atom stereocenters. The van der Waals surface area contributed by atoms with Crippen molar-refractivity contribution in [2.75, 3.05) is 13.2 Å². The molecule has 5 heteroatoms. The lowest BCUT2D eigenvalue weighted by Crippen LogP contribution is -2.25. The summed E-state index contributed by atoms with van der Waals surface area (Å²) in [5.74, 6) is -0.155. The van der Waals surface area contributed by atoms with Crippen LogP contribution in [0.1, 0.15) is 35.4 Å². The minimum atomic E-state index is -0.155. The van der Waals surface area contributed by atoms with Crippen molar-refractivity contribution in [3.05, 3.63) is 64.4 Å². The van der Waals surface area contributed by atoms with E-state index in [9.17, 15) is 4.79 Å². The summed E-state index contributed by atoms with van der Waals surface area (Å²) in [6.45, 7) is 3.18. The predicted octanol–water partition coefficient (Wildman–Crippen LogP) is 3.64. The second-order valence-corrected chi connectivity index (χ2v) is 5.35. The molecule has 22 heavy (non-hydrogen) atoms. The molecule has 0 saturated carbocycles. The number of carbonyl (C=O) groups is 1. The average Bonchev–Trinajstić information content (AvgIpc) is 2.55. The summed E-state index contributed by atoms with van der Waals surface area (Å²) < 4.78 is 6.21. The molecule has 2 aromatic rings. The SMILES string of the molecule is CC(OCCCNC(=O)c1ccc[nH]c1=S)c1ccccc1. The maximum absolute atomic E-state index is 11.9. The number of rotatable bonds is 7. The molecule has 2 rings (SSSR count). The Bertz CT molecular complexity index is 655. The normalized spacial score (nSPS) is 11.9. The van der Waals surface area contributed by atoms with Crippen molar-refractivity contribution in [1.29, 1.82) is 0 Å². The van der Waals surface area contributed by atoms with E-state index in [-0.39, 0.29) is 12.0 Å². The van der Waals surface area contributed by atoms with Crippen LogP contribution in [-0.2, 0) is 4.74 Å². The number of aromatic amines is 1. The van der Waals surface area contributed by atoms with Gasteiger partial charge in [-0.2, -0.15) is 0 Å². The molecule has 0 aliphatic heterocycles. The first-order valence-corrected chi connectivity index (χ1v) is 7.72. The molecule has 1 amide bonds. The van der Waals surface area contributed by atoms with Gasteiger partial charge in [-0.3, -0.25) is 4.79 Å². The molecule has 1 aromatic carbocycles. The van der Waals surface area contributed by atoms with Gasteiger partial charge >= 0.3 is 0 Å². The zero-order valence-corrected chi connectivity index (χ0v) is 13.4. The van der Waals surface area contributed by atoms with Crippen molar-refractivity contribution in [2.24, 2.45) is 0 Å². The first-order chi connectivity index (χ1) is 10.7. The highest BCUT2D eigenvalue weighted by Crippen LogP contribution is 2.15. The molecule has 0 aliphatic rings. The van der Waals surface area contributed by atoms with Gasteiger partial charge in [0, 0.05) is 19.3 Å². The Morgan fingerprint density at radius 3 is 2.77 bits per heavy atom. The van der Waals surface area contributed by atoms with Gasteiger partial charge in [-0.25, -0.2) is 0 Å². The van der Waals surface area contributed by atoms with Crippen molar-refractivity contribution in [2.45, 2.75) is 19.4 Å². The molecule has 0 bridgehead atoms. The third kappa shape index (κ3) is 4.79. The Kier molecular flexibility index (Phi) is 6.30. The second kappa shape index (κ2) is 8.46. The van der Waals surface area contributed by atoms with Crippen LogP contribution >= 0.6 is 12.2 Å². The van der Waals surface area contributed by atoms with E-state index >= 15 is 0 Å². The van der Waals surface area contributed by atoms with Crippen molar-refractivity contribution in [1.82, 2.24) is 10.3 Å². The van der Waals surface area contributed by atoms with E-state index < -0.39 is 0 Å². The maximum atomic E-state index is 11.9. The first-order valence-electron chi connectivity index (χ1n) is 7.31. The Balaban J connectivity index is 1.68. The molecule has 116 valence electrons. The van der Waals surface area contributed by atoms with Gasteiger partial charge in [-0.15, -0.1) is 0 Å². The monoisotopic (exact) mass is 316 g/mol. The van der Waals surface area contributed by atoms with Crippen LogP contribution in [0.15, 0.2) is 48.7 Å². The van der Waals surface area contributed by atoms with Gasteiger partial charge in [-0.1, -0.05) is 42.5 Å². The zero-order valence-electron chi connectivity index (χ0n) is 12.5. The topological polar surface area (TPSA) is 54.1 Å². The summed E-state index contributed by atoms with van der Waals surface area (Å²) in [5, 5.41) is 2.85. The Morgan fingerprint density at radius 2 is 2.05 bits per heavy atom. The van der Waals surface area contributed by atoms with Crippen LogP contribution in [0.3, 0.4) is 0 Å². The van der Waals surface area contributed by atoms with Crippen molar-refractivity contribution in [3.8, 4) is 0 Å². The zero-order chi connectivity index (χ0) is 15.8. The van der Waals surface area contributed by atoms with E-state index in [1.54, 1.807) is 18.3 Å². The molecule has 1 heterocycles. The molecule has 0 spiro atoms. The van der Waals surface area contributed by atoms with Crippen LogP contribution in [0.2, 0.25) is 0 Å². The van der Waals surface area contributed by atoms with E-state index in [1.807, 2.05) is 37.3 Å². The molecule has 0 aliphatic carbocycles. The first kappa shape index (κ1) is 16.4. The molecule has 2 N–H and O–H groups in total. The number of ether oxygens (including phenoxy) is 1. The molecular weight excluding hydrogens is 296 g/mol. The molecular formula is C17H20N2O2S. The molecule has 0 fully saturated rings. The largest absolute Gasteiger partial charge is 0.374 e. The second-order valence-electron chi connectivity index (χ2n) is 4.95. The van der Waals surface area contributed by atoms with Crippen LogP contribution in [0.4, 0.5) is 0 Å². The number of pyridine rings is 1. The lowest BCUT2D eigenvalue weighted by Gasteiger charge is -2.13. The minimum absolute atomic E-state index is 0.0554. The van der Waals surface area contributed by atoms with Gasteiger partial charge in [0.05, 0.1) is 11.7 Å². The van der Waals surface area contributed by atoms with Crippen LogP contribution in [0, 0.1) is 4.64 Å². The smallest absolute Gasteiger partial charge is 0.254 e. The van der Waals surface area contributed by atoms with E-state index in [2.05, 4.69) is 10.3 Å². The molecule has 4 nitrogen and oxygen atoms in total. The fraction of sp³-hybridized carbons (Fsp3) is 0.294. The number of H-pyrrole nitrogens is 1. The van der Waals surface area contributed by atoms with Crippen molar-refractivity contribution < 1.29 is 9.53 Å². The highest BCUT2D eigenvalue weighted by Gasteiger charge is 2.07. The molecule has 1 atom stereocenters. The van der Waals surface area contributed by atoms with E-state index in [4.69, 9.17) is 17.0 Å². The number of aromatic nitrogens is 1. The number of nitrogens with one attached hydrogen (secondary N) is 2. The standard InChI is InChI=1S/C17H20N2O2S/c1-13(14-7-3-2-4-8-14)21-12-6-11-18-16(20)15-9-5-10-19-17(15)22/h2-5,7-10,13H,6,11-12H2,1H3,(H,18,20)(H,19,22). The van der Waals surface area contributed by atoms with E-state index in [0.29, 0.717) is 23.4 Å². The number of benzene rings is 1. The Hall–Kier alpha value is -1.98. The van der Waals surface area contributed by atoms with Gasteiger partial charge in [-0.05, 0) is 31.0 Å². The maximum Gasteiger partial charge on any atom is 0.254 e. The summed E-state index contributed by atoms with van der Waals surface area (Å²) in [7, 11) is 0. The number of carbonyl (C=O) groups excluding carboxylic acids is 1. The number of hydrogen-bond acceptors (Lipinski definition) is 3. The third-order valence-corrected chi connectivity index (χ3v) is 3.64. The summed E-state index contributed by atoms with van der Waals surface area (Å²) in [6, 6.07) is 13.5. The summed E-state index contributed by atoms with van der Waals surface area (Å²) in [4.78, 5) is 14.8. The number of hydrogen-bond donors (Lipinski definition) is 2. The van der Waals surface area contributed by atoms with Crippen molar-refractivity contribution >= 4 is 18.1 Å². The molecule has 0 radical (unpaired) electrons. The van der Waals surface area contributed by atoms with Gasteiger partial charge in [0.15, 0.2) is 0 Å². The quantitative estimate of drug-likeness (QED) is 0.605. The molecule has 1 aromatic heterocycles. The van der Waals surface area contributed by atoms with Gasteiger partial charge in [0.25, 0.3) is 5.91 Å². The lowest BCUT2D eigenvalue weighted by atomic mass is 10.1. The minimum Gasteiger partial charge on any atom is -0.374 e.